The van der Waals surface area contributed by atoms with Gasteiger partial charge in [0.2, 0.25) is 0 Å². The van der Waals surface area contributed by atoms with E-state index in [4.69, 9.17) is 27.0 Å². The van der Waals surface area contributed by atoms with Gasteiger partial charge in [0.1, 0.15) is 17.2 Å². The number of nitrogens with two attached hydrogens (primary N) is 3. The molecule has 4 heterocycles. The Bertz CT molecular complexity index is 1800. The summed E-state index contributed by atoms with van der Waals surface area (Å²) in [6.45, 7) is 3.49. The molecule has 1 aliphatic rings. The summed E-state index contributed by atoms with van der Waals surface area (Å²) in [6, 6.07) is 7.99. The van der Waals surface area contributed by atoms with Gasteiger partial charge in [-0.1, -0.05) is 6.92 Å². The molecule has 0 spiro atoms. The number of rotatable bonds is 9. The lowest BCUT2D eigenvalue weighted by molar-refractivity contribution is -0.125. The largest absolute Gasteiger partial charge is 0.397 e. The van der Waals surface area contributed by atoms with Gasteiger partial charge in [-0.25, -0.2) is 20.2 Å². The molecule has 7 N–H and O–H groups in total. The van der Waals surface area contributed by atoms with Gasteiger partial charge >= 0.3 is 0 Å². The molecule has 11 nitrogen and oxygen atoms in total. The highest BCUT2D eigenvalue weighted by Crippen LogP contribution is 2.39. The van der Waals surface area contributed by atoms with Gasteiger partial charge in [-0.05, 0) is 48.7 Å². The third kappa shape index (κ3) is 4.89. The Kier molecular flexibility index (Phi) is 7.54. The second-order valence-electron chi connectivity index (χ2n) is 10.4. The highest BCUT2D eigenvalue weighted by atomic mass is 19.1. The van der Waals surface area contributed by atoms with Crippen LogP contribution in [0.3, 0.4) is 0 Å². The molecular weight excluding hydrogens is 541 g/mol. The molecule has 12 heteroatoms. The summed E-state index contributed by atoms with van der Waals surface area (Å²) in [5.74, 6) is 6.35. The number of carbonyl (C=O) groups is 1. The first-order valence-corrected chi connectivity index (χ1v) is 13.3. The number of fused-ring (bicyclic) bond motifs is 4. The van der Waals surface area contributed by atoms with Crippen LogP contribution in [-0.2, 0) is 34.8 Å². The minimum absolute atomic E-state index is 0.0449. The number of benzene rings is 1. The molecule has 0 saturated carbocycles. The lowest BCUT2D eigenvalue weighted by Gasteiger charge is -2.24. The molecule has 1 aliphatic heterocycles. The number of aliphatic hydroxyl groups is 1. The number of aryl methyl sites for hydroxylation is 1. The summed E-state index contributed by atoms with van der Waals surface area (Å²) < 4.78 is 21.5. The third-order valence-electron chi connectivity index (χ3n) is 7.70. The minimum atomic E-state index is -1.90. The van der Waals surface area contributed by atoms with Crippen LogP contribution in [0.5, 0.6) is 0 Å². The summed E-state index contributed by atoms with van der Waals surface area (Å²) in [5.41, 5.74) is 14.0. The van der Waals surface area contributed by atoms with Crippen molar-refractivity contribution in [3.05, 3.63) is 92.3 Å². The fourth-order valence-corrected chi connectivity index (χ4v) is 5.33. The minimum Gasteiger partial charge on any atom is -0.397 e. The molecule has 3 aromatic heterocycles. The standard InChI is InChI=1S/C30H32FN7O4/c1-4-30(41,15-39)22-8-26-28-20(12-38(26)29(40)21(22)14-42-3)19(18-7-16(2)23(31)9-25(18)36-28)11-37(34)13-24(32)17-5-6-27(33)35-10-17/h5-10,13,15,41H,4,11-12,14,32,34H2,1-3H3,(H2,33,35)/b24-13-/t30-/m1/s1. The van der Waals surface area contributed by atoms with Crippen LogP contribution in [0.15, 0.2) is 47.5 Å². The van der Waals surface area contributed by atoms with Crippen molar-refractivity contribution < 1.29 is 19.0 Å². The van der Waals surface area contributed by atoms with Gasteiger partial charge < -0.3 is 30.9 Å². The first kappa shape index (κ1) is 28.9. The van der Waals surface area contributed by atoms with Crippen molar-refractivity contribution >= 4 is 28.7 Å². The van der Waals surface area contributed by atoms with Crippen LogP contribution in [-0.4, -0.2) is 38.0 Å². The summed E-state index contributed by atoms with van der Waals surface area (Å²) in [7, 11) is 1.43. The van der Waals surface area contributed by atoms with Crippen molar-refractivity contribution in [3.63, 3.8) is 0 Å². The lowest BCUT2D eigenvalue weighted by atomic mass is 9.89. The molecule has 1 aromatic carbocycles. The summed E-state index contributed by atoms with van der Waals surface area (Å²) >= 11 is 0. The fraction of sp³-hybridized carbons (Fsp3) is 0.267. The monoisotopic (exact) mass is 573 g/mol. The first-order valence-electron chi connectivity index (χ1n) is 13.3. The number of carbonyl (C=O) groups excluding carboxylic acids is 1. The fourth-order valence-electron chi connectivity index (χ4n) is 5.33. The number of anilines is 1. The molecule has 0 unspecified atom stereocenters. The Balaban J connectivity index is 1.70. The van der Waals surface area contributed by atoms with E-state index in [1.54, 1.807) is 44.3 Å². The van der Waals surface area contributed by atoms with Gasteiger partial charge in [-0.15, -0.1) is 0 Å². The highest BCUT2D eigenvalue weighted by molar-refractivity contribution is 5.89. The van der Waals surface area contributed by atoms with Crippen molar-refractivity contribution in [1.29, 1.82) is 0 Å². The van der Waals surface area contributed by atoms with E-state index >= 15 is 0 Å². The Labute approximate surface area is 241 Å². The second kappa shape index (κ2) is 11.0. The van der Waals surface area contributed by atoms with Crippen molar-refractivity contribution in [3.8, 4) is 11.4 Å². The smallest absolute Gasteiger partial charge is 0.257 e. The molecule has 218 valence electrons. The van der Waals surface area contributed by atoms with Crippen molar-refractivity contribution in [2.45, 2.75) is 45.6 Å². The lowest BCUT2D eigenvalue weighted by Crippen LogP contribution is -2.34. The predicted octanol–water partition coefficient (Wildman–Crippen LogP) is 2.43. The van der Waals surface area contributed by atoms with E-state index in [1.807, 2.05) is 0 Å². The second-order valence-corrected chi connectivity index (χ2v) is 10.4. The zero-order valence-corrected chi connectivity index (χ0v) is 23.5. The number of halogens is 1. The highest BCUT2D eigenvalue weighted by Gasteiger charge is 2.35. The van der Waals surface area contributed by atoms with E-state index < -0.39 is 17.0 Å². The summed E-state index contributed by atoms with van der Waals surface area (Å²) in [6.07, 6.45) is 3.56. The zero-order chi connectivity index (χ0) is 30.3. The number of hydrogen-bond donors (Lipinski definition) is 4. The number of nitrogen functional groups attached to an aromatic ring is 1. The van der Waals surface area contributed by atoms with Crippen molar-refractivity contribution in [2.24, 2.45) is 11.6 Å². The maximum Gasteiger partial charge on any atom is 0.257 e. The summed E-state index contributed by atoms with van der Waals surface area (Å²) in [4.78, 5) is 34.6. The van der Waals surface area contributed by atoms with Crippen LogP contribution in [0.1, 0.15) is 46.7 Å². The molecular formula is C30H32FN7O4. The van der Waals surface area contributed by atoms with Gasteiger partial charge in [0.05, 0.1) is 42.3 Å². The van der Waals surface area contributed by atoms with Crippen LogP contribution in [0, 0.1) is 12.7 Å². The van der Waals surface area contributed by atoms with E-state index in [-0.39, 0.29) is 37.2 Å². The van der Waals surface area contributed by atoms with Crippen molar-refractivity contribution in [2.75, 3.05) is 12.8 Å². The SMILES string of the molecule is CC[C@@](O)(C=O)c1cc2n(c(=O)c1COC)Cc1c-2nc2cc(F)c(C)cc2c1CN(N)/C=C(\N)c1ccc(N)nc1. The number of pyridine rings is 3. The van der Waals surface area contributed by atoms with E-state index in [0.717, 1.165) is 5.56 Å². The van der Waals surface area contributed by atoms with Gasteiger partial charge in [0.25, 0.3) is 5.56 Å². The molecule has 5 rings (SSSR count). The van der Waals surface area contributed by atoms with Crippen LogP contribution in [0.25, 0.3) is 28.0 Å². The number of methoxy groups -OCH3 is 1. The Hall–Kier alpha value is -4.65. The summed E-state index contributed by atoms with van der Waals surface area (Å²) in [5, 5.41) is 13.2. The van der Waals surface area contributed by atoms with Crippen LogP contribution in [0.4, 0.5) is 10.2 Å². The first-order chi connectivity index (χ1) is 20.0. The zero-order valence-electron chi connectivity index (χ0n) is 23.5. The number of aromatic nitrogens is 3. The molecule has 1 atom stereocenters. The van der Waals surface area contributed by atoms with Crippen molar-refractivity contribution in [1.82, 2.24) is 19.5 Å². The number of nitrogens with zero attached hydrogens (tertiary/aromatic N) is 4. The molecule has 0 saturated heterocycles. The maximum atomic E-state index is 14.7. The van der Waals surface area contributed by atoms with Crippen LogP contribution in [0.2, 0.25) is 0 Å². The molecule has 0 fully saturated rings. The number of ether oxygens (including phenoxy) is 1. The Morgan fingerprint density at radius 2 is 2.05 bits per heavy atom. The van der Waals surface area contributed by atoms with Crippen LogP contribution < -0.4 is 22.9 Å². The predicted molar refractivity (Wildman–Crippen MR) is 157 cm³/mol. The van der Waals surface area contributed by atoms with Gasteiger partial charge in [-0.3, -0.25) is 9.59 Å². The topological polar surface area (TPSA) is 176 Å². The average Bonchev–Trinajstić information content (AvgIpc) is 3.34. The maximum absolute atomic E-state index is 14.7. The molecule has 4 aromatic rings. The average molecular weight is 574 g/mol. The molecule has 0 bridgehead atoms. The van der Waals surface area contributed by atoms with Crippen LogP contribution >= 0.6 is 0 Å². The Morgan fingerprint density at radius 3 is 2.69 bits per heavy atom. The van der Waals surface area contributed by atoms with Gasteiger partial charge in [-0.2, -0.15) is 0 Å². The van der Waals surface area contributed by atoms with Gasteiger partial charge in [0, 0.05) is 53.2 Å². The third-order valence-corrected chi connectivity index (χ3v) is 7.70. The van der Waals surface area contributed by atoms with E-state index in [0.29, 0.717) is 56.8 Å². The normalized spacial score (nSPS) is 14.0. The number of hydrazine groups is 1. The molecule has 42 heavy (non-hydrogen) atoms. The van der Waals surface area contributed by atoms with E-state index in [9.17, 15) is 19.1 Å². The number of hydrogen-bond acceptors (Lipinski definition) is 10. The molecule has 0 radical (unpaired) electrons. The Morgan fingerprint density at radius 1 is 1.29 bits per heavy atom. The van der Waals surface area contributed by atoms with E-state index in [1.165, 1.54) is 28.9 Å². The number of aldehydes is 1. The quantitative estimate of drug-likeness (QED) is 0.116. The van der Waals surface area contributed by atoms with E-state index in [2.05, 4.69) is 4.98 Å². The van der Waals surface area contributed by atoms with Gasteiger partial charge in [0.15, 0.2) is 6.29 Å². The molecule has 0 amide bonds. The molecule has 0 aliphatic carbocycles.